The normalized spacial score (nSPS) is 11.8. The second-order valence-corrected chi connectivity index (χ2v) is 17.6. The molecule has 0 aliphatic rings. The summed E-state index contributed by atoms with van der Waals surface area (Å²) in [6, 6.07) is 0. The summed E-state index contributed by atoms with van der Waals surface area (Å²) in [6.07, 6.45) is 11.9. The number of hydrogen-bond donors (Lipinski definition) is 1. The highest BCUT2D eigenvalue weighted by Gasteiger charge is 2.01. The molecule has 0 aliphatic carbocycles. The van der Waals surface area contributed by atoms with Crippen molar-refractivity contribution in [3.8, 4) is 0 Å². The Balaban J connectivity index is 3.08. The summed E-state index contributed by atoms with van der Waals surface area (Å²) in [5, 5.41) is 8.61. The van der Waals surface area contributed by atoms with Gasteiger partial charge in [-0.1, -0.05) is 58.3 Å². The van der Waals surface area contributed by atoms with Gasteiger partial charge < -0.3 is 114 Å². The molecule has 81 heavy (non-hydrogen) atoms. The first kappa shape index (κ1) is 80.0. The molecule has 0 fully saturated rings. The quantitative estimate of drug-likeness (QED) is 0.0851. The summed E-state index contributed by atoms with van der Waals surface area (Å²) < 4.78 is 126. The van der Waals surface area contributed by atoms with Crippen molar-refractivity contribution in [2.75, 3.05) is 311 Å². The maximum absolute atomic E-state index is 8.61. The third-order valence-electron chi connectivity index (χ3n) is 10.8. The highest BCUT2D eigenvalue weighted by molar-refractivity contribution is 4.48. The van der Waals surface area contributed by atoms with Gasteiger partial charge in [0.25, 0.3) is 0 Å². The Labute approximate surface area is 488 Å². The molecule has 0 aliphatic heterocycles. The van der Waals surface area contributed by atoms with Crippen LogP contribution in [0.1, 0.15) is 64.7 Å². The van der Waals surface area contributed by atoms with Gasteiger partial charge >= 0.3 is 0 Å². The van der Waals surface area contributed by atoms with Crippen LogP contribution in [0, 0.1) is 0 Å². The Morgan fingerprint density at radius 1 is 0.136 bits per heavy atom. The molecular weight excluding hydrogens is 1070 g/mol. The molecule has 0 bridgehead atoms. The zero-order valence-corrected chi connectivity index (χ0v) is 50.4. The van der Waals surface area contributed by atoms with Gasteiger partial charge in [-0.2, -0.15) is 0 Å². The topological polar surface area (TPSA) is 233 Å². The van der Waals surface area contributed by atoms with Crippen molar-refractivity contribution < 1.29 is 114 Å². The van der Waals surface area contributed by atoms with E-state index in [2.05, 4.69) is 6.92 Å². The van der Waals surface area contributed by atoms with Crippen molar-refractivity contribution in [1.82, 2.24) is 0 Å². The van der Waals surface area contributed by atoms with E-state index < -0.39 is 0 Å². The van der Waals surface area contributed by atoms with Crippen LogP contribution in [0.15, 0.2) is 0 Å². The minimum Gasteiger partial charge on any atom is -0.394 e. The van der Waals surface area contributed by atoms with Crippen molar-refractivity contribution in [1.29, 1.82) is 0 Å². The van der Waals surface area contributed by atoms with E-state index in [1.807, 2.05) is 0 Å². The maximum Gasteiger partial charge on any atom is 0.0701 e. The second-order valence-electron chi connectivity index (χ2n) is 17.6. The Kier molecular flexibility index (Phi) is 78.1. The van der Waals surface area contributed by atoms with E-state index >= 15 is 0 Å². The minimum atomic E-state index is 0.0188. The van der Waals surface area contributed by atoms with Crippen LogP contribution < -0.4 is 0 Å². The highest BCUT2D eigenvalue weighted by atomic mass is 16.6. The van der Waals surface area contributed by atoms with E-state index in [-0.39, 0.29) is 6.61 Å². The maximum atomic E-state index is 8.61. The molecule has 1 N–H and O–H groups in total. The van der Waals surface area contributed by atoms with Gasteiger partial charge in [-0.15, -0.1) is 0 Å². The SMILES string of the molecule is CCCCCCCCCCCOCCOCCOCCOCCOCCOCCOCCOCCOCCOCCOCCOCCOCCOCCOCCOCCOCCOCCOCCOCCOCCOCCOCCO. The largest absolute Gasteiger partial charge is 0.394 e. The summed E-state index contributed by atoms with van der Waals surface area (Å²) in [6.45, 7) is 25.6. The molecule has 0 spiro atoms. The highest BCUT2D eigenvalue weighted by Crippen LogP contribution is 2.09. The van der Waals surface area contributed by atoms with Crippen molar-refractivity contribution >= 4 is 0 Å². The number of aliphatic hydroxyl groups is 1. The summed E-state index contributed by atoms with van der Waals surface area (Å²) in [4.78, 5) is 0. The van der Waals surface area contributed by atoms with E-state index in [9.17, 15) is 0 Å². The summed E-state index contributed by atoms with van der Waals surface area (Å²) in [7, 11) is 0. The van der Waals surface area contributed by atoms with Crippen LogP contribution >= 0.6 is 0 Å². The van der Waals surface area contributed by atoms with Gasteiger partial charge in [0, 0.05) is 6.61 Å². The fourth-order valence-electron chi connectivity index (χ4n) is 6.52. The van der Waals surface area contributed by atoms with E-state index in [1.165, 1.54) is 51.4 Å². The van der Waals surface area contributed by atoms with Crippen LogP contribution in [0.2, 0.25) is 0 Å². The Morgan fingerprint density at radius 3 is 0.383 bits per heavy atom. The van der Waals surface area contributed by atoms with Crippen molar-refractivity contribution in [3.05, 3.63) is 0 Å². The molecule has 488 valence electrons. The molecule has 24 nitrogen and oxygen atoms in total. The molecule has 0 heterocycles. The lowest BCUT2D eigenvalue weighted by Crippen LogP contribution is -2.16. The van der Waals surface area contributed by atoms with Gasteiger partial charge in [0.05, 0.1) is 304 Å². The van der Waals surface area contributed by atoms with Crippen molar-refractivity contribution in [2.24, 2.45) is 0 Å². The summed E-state index contributed by atoms with van der Waals surface area (Å²) in [5.41, 5.74) is 0. The first-order valence-corrected chi connectivity index (χ1v) is 30.3. The van der Waals surface area contributed by atoms with E-state index in [0.717, 1.165) is 13.0 Å². The molecule has 0 atom stereocenters. The molecule has 24 heteroatoms. The molecule has 0 rings (SSSR count). The van der Waals surface area contributed by atoms with Crippen LogP contribution in [0.3, 0.4) is 0 Å². The number of ether oxygens (including phenoxy) is 23. The van der Waals surface area contributed by atoms with Gasteiger partial charge in [0.1, 0.15) is 0 Å². The van der Waals surface area contributed by atoms with E-state index in [0.29, 0.717) is 297 Å². The molecule has 0 unspecified atom stereocenters. The zero-order valence-electron chi connectivity index (χ0n) is 50.4. The third-order valence-corrected chi connectivity index (χ3v) is 10.8. The van der Waals surface area contributed by atoms with Crippen LogP contribution in [0.5, 0.6) is 0 Å². The Bertz CT molecular complexity index is 989. The van der Waals surface area contributed by atoms with E-state index in [4.69, 9.17) is 114 Å². The first-order chi connectivity index (χ1) is 40.4. The minimum absolute atomic E-state index is 0.0188. The third kappa shape index (κ3) is 79.0. The smallest absolute Gasteiger partial charge is 0.0701 e. The molecule has 0 saturated carbocycles. The molecular formula is C57H116O24. The fourth-order valence-corrected chi connectivity index (χ4v) is 6.52. The Hall–Kier alpha value is -0.960. The number of unbranched alkanes of at least 4 members (excludes halogenated alkanes) is 8. The van der Waals surface area contributed by atoms with Crippen LogP contribution in [0.25, 0.3) is 0 Å². The molecule has 0 aromatic carbocycles. The second kappa shape index (κ2) is 79.0. The van der Waals surface area contributed by atoms with Gasteiger partial charge in [0.2, 0.25) is 0 Å². The zero-order chi connectivity index (χ0) is 57.9. The van der Waals surface area contributed by atoms with Gasteiger partial charge in [0.15, 0.2) is 0 Å². The Morgan fingerprint density at radius 2 is 0.247 bits per heavy atom. The molecule has 0 saturated heterocycles. The van der Waals surface area contributed by atoms with Crippen molar-refractivity contribution in [3.63, 3.8) is 0 Å². The van der Waals surface area contributed by atoms with Crippen LogP contribution in [-0.4, -0.2) is 316 Å². The lowest BCUT2D eigenvalue weighted by Gasteiger charge is -2.09. The van der Waals surface area contributed by atoms with Crippen LogP contribution in [-0.2, 0) is 109 Å². The molecule has 0 aromatic rings. The number of aliphatic hydroxyl groups excluding tert-OH is 1. The average molecular weight is 1190 g/mol. The number of rotatable bonds is 78. The van der Waals surface area contributed by atoms with Gasteiger partial charge in [-0.25, -0.2) is 0 Å². The monoisotopic (exact) mass is 1180 g/mol. The molecule has 0 amide bonds. The molecule has 0 radical (unpaired) electrons. The van der Waals surface area contributed by atoms with Gasteiger partial charge in [-0.05, 0) is 6.42 Å². The fraction of sp³-hybridized carbons (Fsp3) is 1.00. The predicted octanol–water partition coefficient (Wildman–Crippen LogP) is 3.89. The standard InChI is InChI=1S/C57H116O24/c1-2-3-4-5-6-7-8-9-10-12-59-14-16-61-18-20-63-22-24-65-26-28-67-30-32-69-34-36-71-38-40-73-42-44-75-46-48-77-50-52-79-54-56-81-57-55-80-53-51-78-49-47-76-45-43-74-41-39-72-37-35-70-33-31-68-29-27-66-25-23-64-21-19-62-17-15-60-13-11-58/h58H,2-57H2,1H3. The summed E-state index contributed by atoms with van der Waals surface area (Å²) >= 11 is 0. The van der Waals surface area contributed by atoms with E-state index in [1.54, 1.807) is 0 Å². The number of hydrogen-bond acceptors (Lipinski definition) is 24. The first-order valence-electron chi connectivity index (χ1n) is 30.3. The summed E-state index contributed by atoms with van der Waals surface area (Å²) in [5.74, 6) is 0. The predicted molar refractivity (Wildman–Crippen MR) is 303 cm³/mol. The lowest BCUT2D eigenvalue weighted by atomic mass is 10.1. The lowest BCUT2D eigenvalue weighted by molar-refractivity contribution is -0.0319. The van der Waals surface area contributed by atoms with Gasteiger partial charge in [-0.3, -0.25) is 0 Å². The molecule has 0 aromatic heterocycles. The van der Waals surface area contributed by atoms with Crippen LogP contribution in [0.4, 0.5) is 0 Å². The average Bonchev–Trinajstić information content (AvgIpc) is 3.48. The van der Waals surface area contributed by atoms with Crippen molar-refractivity contribution in [2.45, 2.75) is 64.7 Å².